The fraction of sp³-hybridized carbons (Fsp3) is 0.923. The number of carbonyl (C=O) groups is 2. The molecule has 3 atom stereocenters. The zero-order valence-electron chi connectivity index (χ0n) is 23.5. The molecule has 208 valence electrons. The van der Waals surface area contributed by atoms with Crippen molar-refractivity contribution in [2.24, 2.45) is 11.8 Å². The van der Waals surface area contributed by atoms with E-state index in [9.17, 15) is 9.59 Å². The van der Waals surface area contributed by atoms with Crippen LogP contribution in [0.15, 0.2) is 0 Å². The van der Waals surface area contributed by atoms with Crippen LogP contribution >= 0.6 is 0 Å². The number of unbranched alkanes of at least 4 members (excludes halogenated alkanes) is 2. The van der Waals surface area contributed by atoms with E-state index in [1.165, 1.54) is 0 Å². The number of hydrogen-bond donors (Lipinski definition) is 1. The van der Waals surface area contributed by atoms with E-state index >= 15 is 0 Å². The minimum Gasteiger partial charge on any atom is -0.465 e. The molecule has 0 aromatic rings. The number of hydrogen-bond acceptors (Lipinski definition) is 8. The lowest BCUT2D eigenvalue weighted by Gasteiger charge is -2.25. The van der Waals surface area contributed by atoms with E-state index in [1.807, 2.05) is 0 Å². The monoisotopic (exact) mass is 519 g/mol. The van der Waals surface area contributed by atoms with Crippen LogP contribution in [0.1, 0.15) is 91.9 Å². The molecule has 8 nitrogen and oxygen atoms in total. The maximum Gasteiger partial charge on any atom is 0.500 e. The number of ether oxygens (including phenoxy) is 2. The summed E-state index contributed by atoms with van der Waals surface area (Å²) in [5, 5.41) is 3.20. The van der Waals surface area contributed by atoms with Gasteiger partial charge >= 0.3 is 20.7 Å². The zero-order valence-corrected chi connectivity index (χ0v) is 24.5. The van der Waals surface area contributed by atoms with Crippen LogP contribution in [-0.4, -0.2) is 67.9 Å². The molecule has 0 amide bonds. The second-order valence-corrected chi connectivity index (χ2v) is 12.3. The molecular formula is C26H53NO7Si. The van der Waals surface area contributed by atoms with Crippen LogP contribution in [-0.2, 0) is 32.3 Å². The molecule has 0 aliphatic carbocycles. The Labute approximate surface area is 215 Å². The van der Waals surface area contributed by atoms with Gasteiger partial charge in [-0.2, -0.15) is 0 Å². The van der Waals surface area contributed by atoms with E-state index in [0.717, 1.165) is 51.4 Å². The Balaban J connectivity index is 4.96. The summed E-state index contributed by atoms with van der Waals surface area (Å²) in [5.74, 6) is -0.0751. The molecule has 0 heterocycles. The lowest BCUT2D eigenvalue weighted by atomic mass is 10.0. The molecule has 0 rings (SSSR count). The maximum atomic E-state index is 12.9. The van der Waals surface area contributed by atoms with Crippen LogP contribution in [0.4, 0.5) is 0 Å². The van der Waals surface area contributed by atoms with Gasteiger partial charge in [0.1, 0.15) is 6.04 Å². The summed E-state index contributed by atoms with van der Waals surface area (Å²) in [6.45, 7) is 9.82. The Morgan fingerprint density at radius 2 is 1.29 bits per heavy atom. The number of carbonyl (C=O) groups excluding carboxylic acids is 2. The van der Waals surface area contributed by atoms with Crippen LogP contribution in [0.5, 0.6) is 0 Å². The molecule has 1 N–H and O–H groups in total. The molecule has 0 aromatic carbocycles. The topological polar surface area (TPSA) is 92.3 Å². The van der Waals surface area contributed by atoms with Crippen molar-refractivity contribution in [1.82, 2.24) is 5.32 Å². The first-order chi connectivity index (χ1) is 16.8. The third-order valence-corrected chi connectivity index (χ3v) is 9.50. The summed E-state index contributed by atoms with van der Waals surface area (Å²) in [4.78, 5) is 25.5. The van der Waals surface area contributed by atoms with Gasteiger partial charge in [-0.1, -0.05) is 66.2 Å². The largest absolute Gasteiger partial charge is 0.500 e. The first kappa shape index (κ1) is 34.0. The van der Waals surface area contributed by atoms with Crippen molar-refractivity contribution in [3.63, 3.8) is 0 Å². The van der Waals surface area contributed by atoms with Crippen LogP contribution in [0, 0.1) is 11.8 Å². The highest BCUT2D eigenvalue weighted by Crippen LogP contribution is 2.17. The van der Waals surface area contributed by atoms with Gasteiger partial charge < -0.3 is 28.1 Å². The fourth-order valence-electron chi connectivity index (χ4n) is 3.91. The smallest absolute Gasteiger partial charge is 0.465 e. The van der Waals surface area contributed by atoms with E-state index in [2.05, 4.69) is 33.0 Å². The summed E-state index contributed by atoms with van der Waals surface area (Å²) in [7, 11) is 2.05. The lowest BCUT2D eigenvalue weighted by molar-refractivity contribution is -0.154. The average molecular weight is 520 g/mol. The van der Waals surface area contributed by atoms with E-state index in [0.29, 0.717) is 44.1 Å². The summed E-state index contributed by atoms with van der Waals surface area (Å²) < 4.78 is 27.6. The normalized spacial score (nSPS) is 14.4. The Morgan fingerprint density at radius 3 is 1.74 bits per heavy atom. The van der Waals surface area contributed by atoms with Gasteiger partial charge in [-0.25, -0.2) is 0 Å². The van der Waals surface area contributed by atoms with Crippen LogP contribution in [0.25, 0.3) is 0 Å². The Bertz CT molecular complexity index is 538. The van der Waals surface area contributed by atoms with E-state index in [4.69, 9.17) is 22.8 Å². The molecule has 3 unspecified atom stereocenters. The highest BCUT2D eigenvalue weighted by molar-refractivity contribution is 6.60. The summed E-state index contributed by atoms with van der Waals surface area (Å²) in [6, 6.07) is -0.147. The predicted molar refractivity (Wildman–Crippen MR) is 141 cm³/mol. The van der Waals surface area contributed by atoms with Crippen molar-refractivity contribution >= 4 is 20.7 Å². The number of esters is 2. The minimum atomic E-state index is -2.69. The third kappa shape index (κ3) is 15.0. The molecule has 9 heteroatoms. The Kier molecular flexibility index (Phi) is 20.5. The van der Waals surface area contributed by atoms with Crippen LogP contribution in [0.3, 0.4) is 0 Å². The van der Waals surface area contributed by atoms with Gasteiger partial charge in [0.2, 0.25) is 0 Å². The van der Waals surface area contributed by atoms with E-state index in [1.54, 1.807) is 21.3 Å². The van der Waals surface area contributed by atoms with Crippen molar-refractivity contribution in [3.05, 3.63) is 0 Å². The summed E-state index contributed by atoms with van der Waals surface area (Å²) in [6.07, 6.45) is 9.12. The molecule has 0 fully saturated rings. The van der Waals surface area contributed by atoms with E-state index < -0.39 is 20.8 Å². The SMILES string of the molecule is CCCCC(CC)COC(=O)CC(NCCC[Si](OC)(OC)OC)C(=O)OCC(CC)CCCC. The highest BCUT2D eigenvalue weighted by atomic mass is 28.4. The zero-order chi connectivity index (χ0) is 26.5. The van der Waals surface area contributed by atoms with Gasteiger partial charge in [-0.3, -0.25) is 9.59 Å². The molecule has 0 spiro atoms. The van der Waals surface area contributed by atoms with Crippen LogP contribution in [0.2, 0.25) is 6.04 Å². The molecule has 0 aliphatic heterocycles. The van der Waals surface area contributed by atoms with Gasteiger partial charge in [-0.05, 0) is 37.6 Å². The van der Waals surface area contributed by atoms with Crippen molar-refractivity contribution in [1.29, 1.82) is 0 Å². The molecular weight excluding hydrogens is 466 g/mol. The van der Waals surface area contributed by atoms with Crippen molar-refractivity contribution < 1.29 is 32.3 Å². The van der Waals surface area contributed by atoms with Gasteiger partial charge in [0.25, 0.3) is 0 Å². The molecule has 0 radical (unpaired) electrons. The van der Waals surface area contributed by atoms with Gasteiger partial charge in [0, 0.05) is 27.4 Å². The molecule has 0 bridgehead atoms. The third-order valence-electron chi connectivity index (χ3n) is 6.67. The lowest BCUT2D eigenvalue weighted by Crippen LogP contribution is -2.45. The Morgan fingerprint density at radius 1 is 0.771 bits per heavy atom. The van der Waals surface area contributed by atoms with Gasteiger partial charge in [0.15, 0.2) is 0 Å². The first-order valence-electron chi connectivity index (χ1n) is 13.6. The average Bonchev–Trinajstić information content (AvgIpc) is 2.88. The highest BCUT2D eigenvalue weighted by Gasteiger charge is 2.37. The standard InChI is InChI=1S/C26H53NO7Si/c1-8-12-15-22(10-3)20-33-25(28)19-24(26(29)34-21-23(11-4)16-13-9-2)27-17-14-18-35(30-5,31-6)32-7/h22-24,27H,8-21H2,1-7H3. The second-order valence-electron chi connectivity index (χ2n) is 9.26. The summed E-state index contributed by atoms with van der Waals surface area (Å²) >= 11 is 0. The number of rotatable bonds is 23. The molecule has 0 aliphatic rings. The van der Waals surface area contributed by atoms with Crippen molar-refractivity contribution in [2.75, 3.05) is 41.1 Å². The summed E-state index contributed by atoms with van der Waals surface area (Å²) in [5.41, 5.74) is 0. The van der Waals surface area contributed by atoms with Gasteiger partial charge in [-0.15, -0.1) is 0 Å². The molecule has 0 saturated heterocycles. The van der Waals surface area contributed by atoms with Crippen molar-refractivity contribution in [3.8, 4) is 0 Å². The number of nitrogens with one attached hydrogen (secondary N) is 1. The Hall–Kier alpha value is -1.00. The molecule has 35 heavy (non-hydrogen) atoms. The predicted octanol–water partition coefficient (Wildman–Crippen LogP) is 5.12. The molecule has 0 saturated carbocycles. The molecule has 0 aromatic heterocycles. The fourth-order valence-corrected chi connectivity index (χ4v) is 5.63. The van der Waals surface area contributed by atoms with E-state index in [-0.39, 0.29) is 12.4 Å². The first-order valence-corrected chi connectivity index (χ1v) is 15.5. The van der Waals surface area contributed by atoms with Gasteiger partial charge in [0.05, 0.1) is 19.6 Å². The quantitative estimate of drug-likeness (QED) is 0.113. The maximum absolute atomic E-state index is 12.9. The van der Waals surface area contributed by atoms with Crippen molar-refractivity contribution in [2.45, 2.75) is 104 Å². The van der Waals surface area contributed by atoms with Crippen LogP contribution < -0.4 is 5.32 Å². The second kappa shape index (κ2) is 21.1. The minimum absolute atomic E-state index is 0.0454.